The van der Waals surface area contributed by atoms with Gasteiger partial charge in [-0.25, -0.2) is 0 Å². The van der Waals surface area contributed by atoms with Crippen molar-refractivity contribution in [1.82, 2.24) is 4.98 Å². The molecule has 0 aliphatic carbocycles. The molecule has 0 saturated carbocycles. The summed E-state index contributed by atoms with van der Waals surface area (Å²) in [6, 6.07) is 10.2. The van der Waals surface area contributed by atoms with Gasteiger partial charge in [-0.3, -0.25) is 9.59 Å². The van der Waals surface area contributed by atoms with Gasteiger partial charge in [0.15, 0.2) is 0 Å². The van der Waals surface area contributed by atoms with Crippen molar-refractivity contribution in [1.29, 1.82) is 0 Å². The standard InChI is InChI=1S/C15H15N3O2/c16-11-6-7-13-10(9-11)3-2-8-18(13)15(20)12-4-1-5-14(19)17-12/h1,4-7,9H,2-3,8,16H2,(H,17,19). The first-order valence-corrected chi connectivity index (χ1v) is 6.55. The third-order valence-electron chi connectivity index (χ3n) is 3.47. The number of nitrogens with two attached hydrogens (primary N) is 1. The van der Waals surface area contributed by atoms with Gasteiger partial charge in [0.05, 0.1) is 0 Å². The molecule has 0 fully saturated rings. The molecule has 0 saturated heterocycles. The minimum atomic E-state index is -0.273. The molecule has 0 unspecified atom stereocenters. The van der Waals surface area contributed by atoms with E-state index in [0.717, 1.165) is 24.1 Å². The Hall–Kier alpha value is -2.56. The quantitative estimate of drug-likeness (QED) is 0.771. The van der Waals surface area contributed by atoms with Gasteiger partial charge in [-0.2, -0.15) is 0 Å². The fraction of sp³-hybridized carbons (Fsp3) is 0.200. The van der Waals surface area contributed by atoms with Crippen LogP contribution < -0.4 is 16.2 Å². The number of amides is 1. The van der Waals surface area contributed by atoms with Crippen molar-refractivity contribution in [2.45, 2.75) is 12.8 Å². The number of rotatable bonds is 1. The van der Waals surface area contributed by atoms with Crippen molar-refractivity contribution in [3.8, 4) is 0 Å². The largest absolute Gasteiger partial charge is 0.399 e. The molecule has 2 aromatic rings. The lowest BCUT2D eigenvalue weighted by atomic mass is 10.0. The number of aromatic nitrogens is 1. The second-order valence-electron chi connectivity index (χ2n) is 4.88. The number of fused-ring (bicyclic) bond motifs is 1. The first-order valence-electron chi connectivity index (χ1n) is 6.55. The van der Waals surface area contributed by atoms with Crippen molar-refractivity contribution in [3.05, 3.63) is 58.0 Å². The van der Waals surface area contributed by atoms with E-state index < -0.39 is 0 Å². The summed E-state index contributed by atoms with van der Waals surface area (Å²) in [5.74, 6) is -0.187. The molecule has 1 amide bonds. The predicted octanol–water partition coefficient (Wildman–Crippen LogP) is 1.55. The Morgan fingerprint density at radius 1 is 1.25 bits per heavy atom. The van der Waals surface area contributed by atoms with Crippen LogP contribution in [0, 0.1) is 0 Å². The highest BCUT2D eigenvalue weighted by Crippen LogP contribution is 2.29. The molecule has 0 atom stereocenters. The molecule has 5 heteroatoms. The first kappa shape index (κ1) is 12.5. The molecule has 2 heterocycles. The van der Waals surface area contributed by atoms with Gasteiger partial charge < -0.3 is 15.6 Å². The number of aromatic amines is 1. The number of benzene rings is 1. The Morgan fingerprint density at radius 2 is 2.10 bits per heavy atom. The Labute approximate surface area is 116 Å². The number of H-pyrrole nitrogens is 1. The average Bonchev–Trinajstić information content (AvgIpc) is 2.45. The van der Waals surface area contributed by atoms with Crippen LogP contribution in [0.1, 0.15) is 22.5 Å². The third-order valence-corrected chi connectivity index (χ3v) is 3.47. The number of aryl methyl sites for hydroxylation is 1. The van der Waals surface area contributed by atoms with Crippen LogP contribution in [0.15, 0.2) is 41.2 Å². The number of nitrogen functional groups attached to an aromatic ring is 1. The second kappa shape index (κ2) is 4.85. The third kappa shape index (κ3) is 2.18. The normalized spacial score (nSPS) is 13.9. The number of nitrogens with one attached hydrogen (secondary N) is 1. The van der Waals surface area contributed by atoms with Crippen LogP contribution in [-0.4, -0.2) is 17.4 Å². The number of carbonyl (C=O) groups excluding carboxylic acids is 1. The van der Waals surface area contributed by atoms with E-state index >= 15 is 0 Å². The summed E-state index contributed by atoms with van der Waals surface area (Å²) in [6.45, 7) is 0.646. The number of carbonyl (C=O) groups is 1. The topological polar surface area (TPSA) is 79.2 Å². The predicted molar refractivity (Wildman–Crippen MR) is 77.9 cm³/mol. The zero-order valence-electron chi connectivity index (χ0n) is 10.9. The van der Waals surface area contributed by atoms with E-state index in [0.29, 0.717) is 17.9 Å². The number of hydrogen-bond donors (Lipinski definition) is 2. The SMILES string of the molecule is Nc1ccc2c(c1)CCCN2C(=O)c1cccc(=O)[nH]1. The second-order valence-corrected chi connectivity index (χ2v) is 4.88. The molecule has 1 aliphatic heterocycles. The molecule has 1 aromatic heterocycles. The highest BCUT2D eigenvalue weighted by atomic mass is 16.2. The molecule has 1 aliphatic rings. The van der Waals surface area contributed by atoms with E-state index in [1.54, 1.807) is 23.1 Å². The van der Waals surface area contributed by atoms with Crippen LogP contribution in [-0.2, 0) is 6.42 Å². The maximum Gasteiger partial charge on any atom is 0.274 e. The number of pyridine rings is 1. The minimum Gasteiger partial charge on any atom is -0.399 e. The summed E-state index contributed by atoms with van der Waals surface area (Å²) in [7, 11) is 0. The summed E-state index contributed by atoms with van der Waals surface area (Å²) in [4.78, 5) is 28.1. The molecule has 3 N–H and O–H groups in total. The highest BCUT2D eigenvalue weighted by Gasteiger charge is 2.24. The minimum absolute atomic E-state index is 0.187. The maximum atomic E-state index is 12.5. The molecule has 20 heavy (non-hydrogen) atoms. The van der Waals surface area contributed by atoms with Crippen LogP contribution in [0.5, 0.6) is 0 Å². The lowest BCUT2D eigenvalue weighted by Crippen LogP contribution is -2.36. The van der Waals surface area contributed by atoms with Crippen LogP contribution in [0.25, 0.3) is 0 Å². The fourth-order valence-electron chi connectivity index (χ4n) is 2.55. The van der Waals surface area contributed by atoms with E-state index in [1.165, 1.54) is 6.07 Å². The zero-order chi connectivity index (χ0) is 14.1. The molecule has 102 valence electrons. The van der Waals surface area contributed by atoms with E-state index in [4.69, 9.17) is 5.73 Å². The summed E-state index contributed by atoms with van der Waals surface area (Å²) < 4.78 is 0. The fourth-order valence-corrected chi connectivity index (χ4v) is 2.55. The van der Waals surface area contributed by atoms with Gasteiger partial charge >= 0.3 is 0 Å². The van der Waals surface area contributed by atoms with Crippen LogP contribution >= 0.6 is 0 Å². The molecular formula is C15H15N3O2. The lowest BCUT2D eigenvalue weighted by Gasteiger charge is -2.29. The summed E-state index contributed by atoms with van der Waals surface area (Å²) >= 11 is 0. The van der Waals surface area contributed by atoms with Gasteiger partial charge in [0, 0.05) is 24.0 Å². The molecule has 1 aromatic carbocycles. The van der Waals surface area contributed by atoms with E-state index in [1.807, 2.05) is 12.1 Å². The van der Waals surface area contributed by atoms with Crippen LogP contribution in [0.2, 0.25) is 0 Å². The maximum absolute atomic E-state index is 12.5. The molecule has 0 bridgehead atoms. The van der Waals surface area contributed by atoms with Gasteiger partial charge in [-0.15, -0.1) is 0 Å². The van der Waals surface area contributed by atoms with Gasteiger partial charge in [0.2, 0.25) is 5.56 Å². The highest BCUT2D eigenvalue weighted by molar-refractivity contribution is 6.05. The van der Waals surface area contributed by atoms with Crippen molar-refractivity contribution >= 4 is 17.3 Å². The summed E-state index contributed by atoms with van der Waals surface area (Å²) in [5, 5.41) is 0. The van der Waals surface area contributed by atoms with E-state index in [-0.39, 0.29) is 11.5 Å². The Morgan fingerprint density at radius 3 is 2.90 bits per heavy atom. The molecule has 3 rings (SSSR count). The Kier molecular flexibility index (Phi) is 3.02. The van der Waals surface area contributed by atoms with E-state index in [9.17, 15) is 9.59 Å². The van der Waals surface area contributed by atoms with Crippen molar-refractivity contribution in [3.63, 3.8) is 0 Å². The van der Waals surface area contributed by atoms with Gasteiger partial charge in [0.25, 0.3) is 5.91 Å². The number of anilines is 2. The number of hydrogen-bond acceptors (Lipinski definition) is 3. The van der Waals surface area contributed by atoms with E-state index in [2.05, 4.69) is 4.98 Å². The Balaban J connectivity index is 2.00. The lowest BCUT2D eigenvalue weighted by molar-refractivity contribution is 0.0980. The molecule has 0 radical (unpaired) electrons. The smallest absolute Gasteiger partial charge is 0.274 e. The summed E-state index contributed by atoms with van der Waals surface area (Å²) in [5.41, 5.74) is 8.47. The Bertz CT molecular complexity index is 721. The number of nitrogens with zero attached hydrogens (tertiary/aromatic N) is 1. The monoisotopic (exact) mass is 269 g/mol. The van der Waals surface area contributed by atoms with Crippen LogP contribution in [0.3, 0.4) is 0 Å². The van der Waals surface area contributed by atoms with Crippen LogP contribution in [0.4, 0.5) is 11.4 Å². The van der Waals surface area contributed by atoms with Gasteiger partial charge in [0.1, 0.15) is 5.69 Å². The molecule has 5 nitrogen and oxygen atoms in total. The zero-order valence-corrected chi connectivity index (χ0v) is 10.9. The molecular weight excluding hydrogens is 254 g/mol. The van der Waals surface area contributed by atoms with Gasteiger partial charge in [-0.05, 0) is 42.7 Å². The van der Waals surface area contributed by atoms with Crippen molar-refractivity contribution in [2.75, 3.05) is 17.2 Å². The summed E-state index contributed by atoms with van der Waals surface area (Å²) in [6.07, 6.45) is 1.80. The van der Waals surface area contributed by atoms with Crippen molar-refractivity contribution < 1.29 is 4.79 Å². The average molecular weight is 269 g/mol. The first-order chi connectivity index (χ1) is 9.65. The van der Waals surface area contributed by atoms with Crippen molar-refractivity contribution in [2.24, 2.45) is 0 Å². The molecule has 0 spiro atoms. The van der Waals surface area contributed by atoms with Gasteiger partial charge in [-0.1, -0.05) is 6.07 Å².